The highest BCUT2D eigenvalue weighted by Gasteiger charge is 2.23. The SMILES string of the molecule is O=C1NC(=Nc2ccccc2)S/C1=C/c1ccc(N2CCNCC2)cc1. The molecule has 2 aromatic carbocycles. The van der Waals surface area contributed by atoms with Crippen LogP contribution in [0.15, 0.2) is 64.5 Å². The zero-order valence-electron chi connectivity index (χ0n) is 14.3. The van der Waals surface area contributed by atoms with E-state index in [1.54, 1.807) is 0 Å². The molecular formula is C20H20N4OS. The van der Waals surface area contributed by atoms with Gasteiger partial charge in [0.2, 0.25) is 0 Å². The van der Waals surface area contributed by atoms with Crippen LogP contribution >= 0.6 is 11.8 Å². The van der Waals surface area contributed by atoms with Crippen LogP contribution in [0.4, 0.5) is 11.4 Å². The minimum atomic E-state index is -0.101. The van der Waals surface area contributed by atoms with Crippen molar-refractivity contribution >= 4 is 40.3 Å². The summed E-state index contributed by atoms with van der Waals surface area (Å²) in [4.78, 5) is 19.7. The lowest BCUT2D eigenvalue weighted by molar-refractivity contribution is -0.115. The van der Waals surface area contributed by atoms with Gasteiger partial charge in [0.05, 0.1) is 10.6 Å². The molecule has 1 amide bonds. The van der Waals surface area contributed by atoms with Crippen molar-refractivity contribution in [2.24, 2.45) is 4.99 Å². The molecule has 2 saturated heterocycles. The van der Waals surface area contributed by atoms with Gasteiger partial charge in [0.25, 0.3) is 5.91 Å². The van der Waals surface area contributed by atoms with Crippen molar-refractivity contribution in [1.82, 2.24) is 10.6 Å². The third-order valence-electron chi connectivity index (χ3n) is 4.31. The number of aliphatic imine (C=N–C) groups is 1. The Morgan fingerprint density at radius 2 is 1.73 bits per heavy atom. The second kappa shape index (κ2) is 7.76. The predicted molar refractivity (Wildman–Crippen MR) is 109 cm³/mol. The first-order valence-electron chi connectivity index (χ1n) is 8.68. The van der Waals surface area contributed by atoms with Crippen LogP contribution in [0.3, 0.4) is 0 Å². The average Bonchev–Trinajstić information content (AvgIpc) is 3.03. The van der Waals surface area contributed by atoms with Crippen LogP contribution in [0.1, 0.15) is 5.56 Å². The molecule has 2 heterocycles. The van der Waals surface area contributed by atoms with Gasteiger partial charge in [-0.1, -0.05) is 30.3 Å². The monoisotopic (exact) mass is 364 g/mol. The highest BCUT2D eigenvalue weighted by atomic mass is 32.2. The van der Waals surface area contributed by atoms with Crippen molar-refractivity contribution < 1.29 is 4.79 Å². The molecule has 26 heavy (non-hydrogen) atoms. The molecule has 132 valence electrons. The Labute approximate surface area is 157 Å². The molecule has 0 radical (unpaired) electrons. The Kier molecular flexibility index (Phi) is 5.04. The predicted octanol–water partition coefficient (Wildman–Crippen LogP) is 2.99. The van der Waals surface area contributed by atoms with E-state index in [2.05, 4.69) is 44.8 Å². The van der Waals surface area contributed by atoms with Crippen molar-refractivity contribution in [1.29, 1.82) is 0 Å². The van der Waals surface area contributed by atoms with Gasteiger partial charge in [-0.25, -0.2) is 4.99 Å². The van der Waals surface area contributed by atoms with Crippen LogP contribution < -0.4 is 15.5 Å². The molecule has 0 unspecified atom stereocenters. The van der Waals surface area contributed by atoms with Gasteiger partial charge < -0.3 is 15.5 Å². The topological polar surface area (TPSA) is 56.7 Å². The van der Waals surface area contributed by atoms with E-state index in [0.29, 0.717) is 10.1 Å². The summed E-state index contributed by atoms with van der Waals surface area (Å²) in [5, 5.41) is 6.80. The molecule has 0 aromatic heterocycles. The first-order valence-corrected chi connectivity index (χ1v) is 9.50. The number of rotatable bonds is 3. The van der Waals surface area contributed by atoms with Crippen molar-refractivity contribution in [2.45, 2.75) is 0 Å². The van der Waals surface area contributed by atoms with Crippen LogP contribution in [0.5, 0.6) is 0 Å². The second-order valence-electron chi connectivity index (χ2n) is 6.15. The van der Waals surface area contributed by atoms with E-state index < -0.39 is 0 Å². The molecule has 2 N–H and O–H groups in total. The quantitative estimate of drug-likeness (QED) is 0.822. The fraction of sp³-hybridized carbons (Fsp3) is 0.200. The number of thioether (sulfide) groups is 1. The van der Waals surface area contributed by atoms with Crippen LogP contribution in [0.2, 0.25) is 0 Å². The van der Waals surface area contributed by atoms with Crippen molar-refractivity contribution in [3.05, 3.63) is 65.1 Å². The molecule has 2 fully saturated rings. The van der Waals surface area contributed by atoms with Gasteiger partial charge >= 0.3 is 0 Å². The number of piperazine rings is 1. The van der Waals surface area contributed by atoms with E-state index in [1.165, 1.54) is 17.4 Å². The molecule has 0 spiro atoms. The summed E-state index contributed by atoms with van der Waals surface area (Å²) >= 11 is 1.37. The number of nitrogens with one attached hydrogen (secondary N) is 2. The third-order valence-corrected chi connectivity index (χ3v) is 5.22. The van der Waals surface area contributed by atoms with E-state index in [1.807, 2.05) is 36.4 Å². The fourth-order valence-electron chi connectivity index (χ4n) is 2.96. The van der Waals surface area contributed by atoms with Gasteiger partial charge in [0.15, 0.2) is 5.17 Å². The maximum Gasteiger partial charge on any atom is 0.264 e. The van der Waals surface area contributed by atoms with Gasteiger partial charge in [-0.3, -0.25) is 4.79 Å². The zero-order chi connectivity index (χ0) is 17.8. The van der Waals surface area contributed by atoms with Gasteiger partial charge in [-0.15, -0.1) is 0 Å². The summed E-state index contributed by atoms with van der Waals surface area (Å²) in [5.41, 5.74) is 3.07. The second-order valence-corrected chi connectivity index (χ2v) is 7.18. The fourth-order valence-corrected chi connectivity index (χ4v) is 3.80. The van der Waals surface area contributed by atoms with Crippen molar-refractivity contribution in [3.63, 3.8) is 0 Å². The highest BCUT2D eigenvalue weighted by molar-refractivity contribution is 8.18. The van der Waals surface area contributed by atoms with E-state index in [-0.39, 0.29) is 5.91 Å². The lowest BCUT2D eigenvalue weighted by Crippen LogP contribution is -2.43. The largest absolute Gasteiger partial charge is 0.369 e. The van der Waals surface area contributed by atoms with Gasteiger partial charge in [-0.2, -0.15) is 0 Å². The number of anilines is 1. The van der Waals surface area contributed by atoms with Gasteiger partial charge in [-0.05, 0) is 47.7 Å². The number of carbonyl (C=O) groups excluding carboxylic acids is 1. The molecule has 2 aliphatic rings. The van der Waals surface area contributed by atoms with E-state index in [0.717, 1.165) is 37.4 Å². The number of amides is 1. The number of para-hydroxylation sites is 1. The molecule has 6 heteroatoms. The lowest BCUT2D eigenvalue weighted by Gasteiger charge is -2.29. The number of benzene rings is 2. The summed E-state index contributed by atoms with van der Waals surface area (Å²) in [6.45, 7) is 4.09. The maximum absolute atomic E-state index is 12.2. The number of hydrogen-bond donors (Lipinski definition) is 2. The summed E-state index contributed by atoms with van der Waals surface area (Å²) in [6, 6.07) is 18.0. The normalized spacial score (nSPS) is 20.6. The van der Waals surface area contributed by atoms with Crippen LogP contribution in [0, 0.1) is 0 Å². The number of nitrogens with zero attached hydrogens (tertiary/aromatic N) is 2. The van der Waals surface area contributed by atoms with Crippen molar-refractivity contribution in [2.75, 3.05) is 31.1 Å². The maximum atomic E-state index is 12.2. The Hall–Kier alpha value is -2.57. The standard InChI is InChI=1S/C20H20N4OS/c25-19-18(26-20(23-19)22-16-4-2-1-3-5-16)14-15-6-8-17(9-7-15)24-12-10-21-11-13-24/h1-9,14,21H,10-13H2,(H,22,23,25)/b18-14+. The zero-order valence-corrected chi connectivity index (χ0v) is 15.1. The van der Waals surface area contributed by atoms with E-state index >= 15 is 0 Å². The summed E-state index contributed by atoms with van der Waals surface area (Å²) in [7, 11) is 0. The molecule has 2 aliphatic heterocycles. The summed E-state index contributed by atoms with van der Waals surface area (Å²) in [5.74, 6) is -0.101. The molecule has 0 bridgehead atoms. The molecule has 4 rings (SSSR count). The Bertz CT molecular complexity index is 840. The number of hydrogen-bond acceptors (Lipinski definition) is 5. The molecular weight excluding hydrogens is 344 g/mol. The van der Waals surface area contributed by atoms with Gasteiger partial charge in [0.1, 0.15) is 0 Å². The molecule has 5 nitrogen and oxygen atoms in total. The minimum absolute atomic E-state index is 0.101. The number of carbonyl (C=O) groups is 1. The van der Waals surface area contributed by atoms with Gasteiger partial charge in [0, 0.05) is 31.9 Å². The van der Waals surface area contributed by atoms with E-state index in [4.69, 9.17) is 0 Å². The Morgan fingerprint density at radius 3 is 2.46 bits per heavy atom. The number of amidine groups is 1. The summed E-state index contributed by atoms with van der Waals surface area (Å²) < 4.78 is 0. The summed E-state index contributed by atoms with van der Waals surface area (Å²) in [6.07, 6.45) is 1.91. The first-order chi connectivity index (χ1) is 12.8. The Balaban J connectivity index is 1.47. The van der Waals surface area contributed by atoms with Crippen LogP contribution in [-0.2, 0) is 4.79 Å². The molecule has 0 aliphatic carbocycles. The van der Waals surface area contributed by atoms with Crippen molar-refractivity contribution in [3.8, 4) is 0 Å². The lowest BCUT2D eigenvalue weighted by atomic mass is 10.1. The van der Waals surface area contributed by atoms with E-state index in [9.17, 15) is 4.79 Å². The average molecular weight is 364 g/mol. The Morgan fingerprint density at radius 1 is 1.00 bits per heavy atom. The molecule has 0 atom stereocenters. The molecule has 0 saturated carbocycles. The minimum Gasteiger partial charge on any atom is -0.369 e. The van der Waals surface area contributed by atoms with Crippen LogP contribution in [-0.4, -0.2) is 37.3 Å². The third kappa shape index (κ3) is 3.98. The van der Waals surface area contributed by atoms with Crippen LogP contribution in [0.25, 0.3) is 6.08 Å². The highest BCUT2D eigenvalue weighted by Crippen LogP contribution is 2.28. The first kappa shape index (κ1) is 16.9. The smallest absolute Gasteiger partial charge is 0.264 e. The molecule has 2 aromatic rings.